The molecule has 1 saturated carbocycles. The van der Waals surface area contributed by atoms with Crippen molar-refractivity contribution in [1.82, 2.24) is 4.98 Å². The summed E-state index contributed by atoms with van der Waals surface area (Å²) >= 11 is 0. The van der Waals surface area contributed by atoms with Gasteiger partial charge in [0.05, 0.1) is 17.3 Å². The maximum absolute atomic E-state index is 13.6. The monoisotopic (exact) mass is 419 g/mol. The van der Waals surface area contributed by atoms with Crippen LogP contribution < -0.4 is 0 Å². The van der Waals surface area contributed by atoms with Crippen molar-refractivity contribution >= 4 is 28.7 Å². The number of aliphatic hydroxyl groups is 1. The van der Waals surface area contributed by atoms with Crippen molar-refractivity contribution in [2.24, 2.45) is 0 Å². The van der Waals surface area contributed by atoms with E-state index >= 15 is 0 Å². The van der Waals surface area contributed by atoms with Crippen molar-refractivity contribution in [3.8, 4) is 11.1 Å². The number of pyridine rings is 1. The number of aliphatic hydroxyl groups excluding tert-OH is 1. The first-order valence-electron chi connectivity index (χ1n) is 10.2. The lowest BCUT2D eigenvalue weighted by molar-refractivity contribution is -0.140. The van der Waals surface area contributed by atoms with Crippen LogP contribution in [0.25, 0.3) is 28.1 Å². The van der Waals surface area contributed by atoms with Crippen LogP contribution in [-0.2, 0) is 9.59 Å². The molecule has 1 aliphatic rings. The Morgan fingerprint density at radius 3 is 2.52 bits per heavy atom. The Kier molecular flexibility index (Phi) is 5.91. The minimum Gasteiger partial charge on any atom is -0.481 e. The fraction of sp³-hybridized carbons (Fsp3) is 0.240. The van der Waals surface area contributed by atoms with Crippen LogP contribution in [0.4, 0.5) is 4.39 Å². The number of aromatic nitrogens is 1. The van der Waals surface area contributed by atoms with E-state index in [1.165, 1.54) is 18.2 Å². The highest BCUT2D eigenvalue weighted by atomic mass is 19.1. The normalized spacial score (nSPS) is 14.8. The minimum absolute atomic E-state index is 0.269. The molecule has 1 aliphatic carbocycles. The number of para-hydroxylation sites is 1. The topological polar surface area (TPSA) is 87.5 Å². The molecule has 3 aromatic rings. The highest BCUT2D eigenvalue weighted by molar-refractivity contribution is 5.99. The van der Waals surface area contributed by atoms with E-state index in [2.05, 4.69) is 0 Å². The second kappa shape index (κ2) is 8.78. The standard InChI is InChI=1S/C25H22FNO4/c26-17-9-7-15(8-10-17)24-20-3-1-2-4-22(20)27-25(16-5-6-16)21(24)12-11-18(28)13-19(29)14-23(30)31/h1-4,7-12,16,18,28H,5-6,13-14H2,(H,30,31)/b12-11+/t18-/m1/s1. The first-order valence-corrected chi connectivity index (χ1v) is 10.2. The second-order valence-corrected chi connectivity index (χ2v) is 7.82. The van der Waals surface area contributed by atoms with Gasteiger partial charge in [-0.25, -0.2) is 4.39 Å². The second-order valence-electron chi connectivity index (χ2n) is 7.82. The number of hydrogen-bond donors (Lipinski definition) is 2. The summed E-state index contributed by atoms with van der Waals surface area (Å²) in [6.07, 6.45) is 3.31. The molecule has 1 fully saturated rings. The molecule has 0 amide bonds. The Bertz CT molecular complexity index is 1170. The van der Waals surface area contributed by atoms with Gasteiger partial charge in [0.2, 0.25) is 0 Å². The van der Waals surface area contributed by atoms with Gasteiger partial charge in [0.1, 0.15) is 18.0 Å². The van der Waals surface area contributed by atoms with Crippen molar-refractivity contribution in [2.75, 3.05) is 0 Å². The number of carbonyl (C=O) groups excluding carboxylic acids is 1. The van der Waals surface area contributed by atoms with Crippen LogP contribution in [-0.4, -0.2) is 33.1 Å². The lowest BCUT2D eigenvalue weighted by Gasteiger charge is -2.16. The Balaban J connectivity index is 1.80. The molecule has 4 rings (SSSR count). The van der Waals surface area contributed by atoms with Crippen molar-refractivity contribution in [3.05, 3.63) is 71.7 Å². The van der Waals surface area contributed by atoms with Gasteiger partial charge in [-0.15, -0.1) is 0 Å². The molecule has 2 aromatic carbocycles. The van der Waals surface area contributed by atoms with Crippen molar-refractivity contribution < 1.29 is 24.2 Å². The Morgan fingerprint density at radius 2 is 1.84 bits per heavy atom. The number of rotatable bonds is 8. The van der Waals surface area contributed by atoms with Gasteiger partial charge in [-0.2, -0.15) is 0 Å². The number of carbonyl (C=O) groups is 2. The molecule has 0 spiro atoms. The van der Waals surface area contributed by atoms with Gasteiger partial charge >= 0.3 is 5.97 Å². The predicted molar refractivity (Wildman–Crippen MR) is 116 cm³/mol. The van der Waals surface area contributed by atoms with Crippen molar-refractivity contribution in [3.63, 3.8) is 0 Å². The van der Waals surface area contributed by atoms with E-state index in [0.717, 1.165) is 46.1 Å². The molecule has 2 N–H and O–H groups in total. The average Bonchev–Trinajstić information content (AvgIpc) is 3.56. The first-order chi connectivity index (χ1) is 14.9. The zero-order chi connectivity index (χ0) is 22.0. The van der Waals surface area contributed by atoms with Crippen molar-refractivity contribution in [1.29, 1.82) is 0 Å². The van der Waals surface area contributed by atoms with Gasteiger partial charge in [-0.3, -0.25) is 14.6 Å². The molecule has 0 bridgehead atoms. The average molecular weight is 419 g/mol. The molecular formula is C25H22FNO4. The first kappa shape index (κ1) is 20.9. The van der Waals surface area contributed by atoms with E-state index in [0.29, 0.717) is 5.92 Å². The lowest BCUT2D eigenvalue weighted by atomic mass is 9.92. The molecule has 1 heterocycles. The third-order valence-corrected chi connectivity index (χ3v) is 5.33. The molecule has 1 aromatic heterocycles. The summed E-state index contributed by atoms with van der Waals surface area (Å²) in [5.41, 5.74) is 4.32. The summed E-state index contributed by atoms with van der Waals surface area (Å²) in [5.74, 6) is -1.76. The third kappa shape index (κ3) is 4.86. The van der Waals surface area contributed by atoms with Crippen LogP contribution in [0.3, 0.4) is 0 Å². The van der Waals surface area contributed by atoms with E-state index in [-0.39, 0.29) is 12.2 Å². The molecule has 0 unspecified atom stereocenters. The summed E-state index contributed by atoms with van der Waals surface area (Å²) in [7, 11) is 0. The van der Waals surface area contributed by atoms with Crippen LogP contribution in [0.5, 0.6) is 0 Å². The number of benzene rings is 2. The van der Waals surface area contributed by atoms with Gasteiger partial charge in [0.15, 0.2) is 0 Å². The predicted octanol–water partition coefficient (Wildman–Crippen LogP) is 4.73. The van der Waals surface area contributed by atoms with Gasteiger partial charge in [0, 0.05) is 28.9 Å². The van der Waals surface area contributed by atoms with E-state index in [4.69, 9.17) is 10.1 Å². The van der Waals surface area contributed by atoms with Crippen LogP contribution >= 0.6 is 0 Å². The van der Waals surface area contributed by atoms with Gasteiger partial charge in [-0.05, 0) is 36.6 Å². The molecule has 1 atom stereocenters. The molecule has 6 heteroatoms. The Hall–Kier alpha value is -3.38. The number of halogens is 1. The summed E-state index contributed by atoms with van der Waals surface area (Å²) in [6, 6.07) is 14.0. The van der Waals surface area contributed by atoms with E-state index in [1.54, 1.807) is 18.2 Å². The Morgan fingerprint density at radius 1 is 1.13 bits per heavy atom. The zero-order valence-electron chi connectivity index (χ0n) is 16.8. The maximum Gasteiger partial charge on any atom is 0.310 e. The minimum atomic E-state index is -1.21. The van der Waals surface area contributed by atoms with E-state index in [1.807, 2.05) is 24.3 Å². The summed E-state index contributed by atoms with van der Waals surface area (Å²) in [6.45, 7) is 0. The maximum atomic E-state index is 13.6. The van der Waals surface area contributed by atoms with Gasteiger partial charge in [-0.1, -0.05) is 42.5 Å². The quantitative estimate of drug-likeness (QED) is 0.516. The lowest BCUT2D eigenvalue weighted by Crippen LogP contribution is -2.14. The van der Waals surface area contributed by atoms with E-state index < -0.39 is 24.3 Å². The smallest absolute Gasteiger partial charge is 0.310 e. The number of nitrogens with zero attached hydrogens (tertiary/aromatic N) is 1. The van der Waals surface area contributed by atoms with Gasteiger partial charge in [0.25, 0.3) is 0 Å². The zero-order valence-corrected chi connectivity index (χ0v) is 16.8. The Labute approximate surface area is 178 Å². The fourth-order valence-electron chi connectivity index (χ4n) is 3.76. The molecule has 0 radical (unpaired) electrons. The molecule has 5 nitrogen and oxygen atoms in total. The number of fused-ring (bicyclic) bond motifs is 1. The molecule has 0 aliphatic heterocycles. The molecule has 0 saturated heterocycles. The fourth-order valence-corrected chi connectivity index (χ4v) is 3.76. The van der Waals surface area contributed by atoms with Crippen LogP contribution in [0, 0.1) is 5.82 Å². The number of hydrogen-bond acceptors (Lipinski definition) is 4. The highest BCUT2D eigenvalue weighted by Gasteiger charge is 2.29. The largest absolute Gasteiger partial charge is 0.481 e. The summed E-state index contributed by atoms with van der Waals surface area (Å²) in [5, 5.41) is 19.9. The van der Waals surface area contributed by atoms with Crippen LogP contribution in [0.1, 0.15) is 42.9 Å². The van der Waals surface area contributed by atoms with Crippen LogP contribution in [0.15, 0.2) is 54.6 Å². The summed E-state index contributed by atoms with van der Waals surface area (Å²) in [4.78, 5) is 27.3. The number of carboxylic acids is 1. The van der Waals surface area contributed by atoms with Gasteiger partial charge < -0.3 is 10.2 Å². The SMILES string of the molecule is O=C(O)CC(=O)C[C@H](O)/C=C/c1c(C2CC2)nc2ccccc2c1-c1ccc(F)cc1. The summed E-state index contributed by atoms with van der Waals surface area (Å²) < 4.78 is 13.6. The molecule has 158 valence electrons. The molecule has 31 heavy (non-hydrogen) atoms. The third-order valence-electron chi connectivity index (χ3n) is 5.33. The molecular weight excluding hydrogens is 397 g/mol. The van der Waals surface area contributed by atoms with Crippen molar-refractivity contribution in [2.45, 2.75) is 37.7 Å². The number of ketones is 1. The van der Waals surface area contributed by atoms with Crippen LogP contribution in [0.2, 0.25) is 0 Å². The number of Topliss-reactive ketones (excluding diaryl/α,β-unsaturated/α-hetero) is 1. The number of carboxylic acid groups (broad SMARTS) is 1. The number of aliphatic carboxylic acids is 1. The van der Waals surface area contributed by atoms with E-state index in [9.17, 15) is 19.1 Å². The highest BCUT2D eigenvalue weighted by Crippen LogP contribution is 2.45.